The molecule has 4 heteroatoms. The number of morpholine rings is 1. The first-order chi connectivity index (χ1) is 9.68. The molecular weight excluding hydrogens is 252 g/mol. The summed E-state index contributed by atoms with van der Waals surface area (Å²) in [5.74, 6) is 0. The molecule has 0 aromatic heterocycles. The number of para-hydroxylation sites is 2. The van der Waals surface area contributed by atoms with Crippen molar-refractivity contribution in [1.82, 2.24) is 0 Å². The van der Waals surface area contributed by atoms with Gasteiger partial charge in [0.25, 0.3) is 0 Å². The number of hydrogen-bond donors (Lipinski definition) is 2. The topological polar surface area (TPSA) is 44.7 Å². The molecule has 1 aromatic carbocycles. The van der Waals surface area contributed by atoms with Crippen LogP contribution in [0.4, 0.5) is 11.4 Å². The molecule has 1 aromatic rings. The molecule has 2 N–H and O–H groups in total. The van der Waals surface area contributed by atoms with E-state index >= 15 is 0 Å². The molecule has 0 aliphatic carbocycles. The minimum atomic E-state index is -0.0713. The molecule has 0 spiro atoms. The van der Waals surface area contributed by atoms with Crippen molar-refractivity contribution < 1.29 is 9.84 Å². The lowest BCUT2D eigenvalue weighted by atomic mass is 9.88. The minimum Gasteiger partial charge on any atom is -0.396 e. The van der Waals surface area contributed by atoms with Gasteiger partial charge in [0.1, 0.15) is 0 Å². The van der Waals surface area contributed by atoms with Gasteiger partial charge in [-0.25, -0.2) is 0 Å². The van der Waals surface area contributed by atoms with E-state index in [-0.39, 0.29) is 12.0 Å². The predicted octanol–water partition coefficient (Wildman–Crippen LogP) is 2.34. The maximum atomic E-state index is 9.51. The molecule has 2 rings (SSSR count). The van der Waals surface area contributed by atoms with Gasteiger partial charge in [0.15, 0.2) is 0 Å². The van der Waals surface area contributed by atoms with Crippen molar-refractivity contribution >= 4 is 11.4 Å². The van der Waals surface area contributed by atoms with Crippen LogP contribution in [-0.2, 0) is 4.74 Å². The van der Waals surface area contributed by atoms with Gasteiger partial charge in [0.2, 0.25) is 0 Å². The smallest absolute Gasteiger partial charge is 0.0642 e. The quantitative estimate of drug-likeness (QED) is 0.838. The summed E-state index contributed by atoms with van der Waals surface area (Å²) in [7, 11) is 0. The van der Waals surface area contributed by atoms with Crippen LogP contribution in [0.5, 0.6) is 0 Å². The van der Waals surface area contributed by atoms with E-state index in [1.807, 2.05) is 0 Å². The first-order valence-electron chi connectivity index (χ1n) is 7.45. The second-order valence-corrected chi connectivity index (χ2v) is 5.79. The van der Waals surface area contributed by atoms with E-state index in [9.17, 15) is 5.11 Å². The van der Waals surface area contributed by atoms with Crippen LogP contribution in [0.15, 0.2) is 24.3 Å². The van der Waals surface area contributed by atoms with Crippen LogP contribution in [0.3, 0.4) is 0 Å². The Morgan fingerprint density at radius 3 is 2.65 bits per heavy atom. The Morgan fingerprint density at radius 1 is 1.30 bits per heavy atom. The van der Waals surface area contributed by atoms with Crippen molar-refractivity contribution in [1.29, 1.82) is 0 Å². The number of ether oxygens (including phenoxy) is 1. The lowest BCUT2D eigenvalue weighted by molar-refractivity contribution is 0.122. The van der Waals surface area contributed by atoms with Gasteiger partial charge in [-0.3, -0.25) is 0 Å². The normalized spacial score (nSPS) is 18.6. The van der Waals surface area contributed by atoms with E-state index in [0.717, 1.165) is 45.0 Å². The third-order valence-electron chi connectivity index (χ3n) is 4.20. The van der Waals surface area contributed by atoms with Gasteiger partial charge in [-0.2, -0.15) is 0 Å². The average molecular weight is 278 g/mol. The van der Waals surface area contributed by atoms with Gasteiger partial charge in [-0.05, 0) is 18.6 Å². The van der Waals surface area contributed by atoms with E-state index in [1.165, 1.54) is 5.69 Å². The highest BCUT2D eigenvalue weighted by Crippen LogP contribution is 2.28. The van der Waals surface area contributed by atoms with Crippen LogP contribution in [0.1, 0.15) is 20.3 Å². The molecule has 1 atom stereocenters. The fraction of sp³-hybridized carbons (Fsp3) is 0.625. The molecule has 1 heterocycles. The molecule has 1 aliphatic heterocycles. The van der Waals surface area contributed by atoms with Gasteiger partial charge in [-0.1, -0.05) is 26.0 Å². The number of aliphatic hydroxyl groups is 1. The summed E-state index contributed by atoms with van der Waals surface area (Å²) < 4.78 is 5.41. The molecule has 112 valence electrons. The Kier molecular flexibility index (Phi) is 5.26. The van der Waals surface area contributed by atoms with Crippen LogP contribution in [-0.4, -0.2) is 44.6 Å². The number of aliphatic hydroxyl groups excluding tert-OH is 1. The van der Waals surface area contributed by atoms with Crippen molar-refractivity contribution in [2.75, 3.05) is 49.7 Å². The molecule has 4 nitrogen and oxygen atoms in total. The summed E-state index contributed by atoms with van der Waals surface area (Å²) in [6.07, 6.45) is 0.955. The fourth-order valence-electron chi connectivity index (χ4n) is 2.30. The van der Waals surface area contributed by atoms with Gasteiger partial charge >= 0.3 is 0 Å². The molecular formula is C16H26N2O2. The molecule has 1 unspecified atom stereocenters. The standard InChI is InChI=1S/C16H26N2O2/c1-3-16(2,13-19)12-17-14-6-4-5-7-15(14)18-8-10-20-11-9-18/h4-7,17,19H,3,8-13H2,1-2H3. The average Bonchev–Trinajstić information content (AvgIpc) is 2.54. The van der Waals surface area contributed by atoms with E-state index in [0.29, 0.717) is 0 Å². The van der Waals surface area contributed by atoms with E-state index < -0.39 is 0 Å². The molecule has 1 aliphatic rings. The predicted molar refractivity (Wildman–Crippen MR) is 83.4 cm³/mol. The molecule has 20 heavy (non-hydrogen) atoms. The van der Waals surface area contributed by atoms with Gasteiger partial charge in [0.05, 0.1) is 31.2 Å². The lowest BCUT2D eigenvalue weighted by Crippen LogP contribution is -2.37. The molecule has 0 radical (unpaired) electrons. The molecule has 0 saturated carbocycles. The van der Waals surface area contributed by atoms with E-state index in [2.05, 4.69) is 48.3 Å². The molecule has 1 fully saturated rings. The van der Waals surface area contributed by atoms with Crippen molar-refractivity contribution in [3.63, 3.8) is 0 Å². The maximum Gasteiger partial charge on any atom is 0.0642 e. The Bertz CT molecular complexity index is 413. The van der Waals surface area contributed by atoms with Crippen LogP contribution in [0.2, 0.25) is 0 Å². The highest BCUT2D eigenvalue weighted by atomic mass is 16.5. The zero-order chi connectivity index (χ0) is 14.4. The van der Waals surface area contributed by atoms with Crippen molar-refractivity contribution in [2.45, 2.75) is 20.3 Å². The number of hydrogen-bond acceptors (Lipinski definition) is 4. The molecule has 0 bridgehead atoms. The number of rotatable bonds is 6. The highest BCUT2D eigenvalue weighted by Gasteiger charge is 2.22. The number of benzene rings is 1. The van der Waals surface area contributed by atoms with E-state index in [4.69, 9.17) is 4.74 Å². The highest BCUT2D eigenvalue weighted by molar-refractivity contribution is 5.70. The van der Waals surface area contributed by atoms with Gasteiger partial charge < -0.3 is 20.1 Å². The summed E-state index contributed by atoms with van der Waals surface area (Å²) in [4.78, 5) is 2.36. The van der Waals surface area contributed by atoms with Gasteiger partial charge in [0, 0.05) is 25.0 Å². The monoisotopic (exact) mass is 278 g/mol. The number of anilines is 2. The Balaban J connectivity index is 2.07. The Hall–Kier alpha value is -1.26. The van der Waals surface area contributed by atoms with Crippen molar-refractivity contribution in [3.05, 3.63) is 24.3 Å². The minimum absolute atomic E-state index is 0.0713. The van der Waals surface area contributed by atoms with Crippen LogP contribution < -0.4 is 10.2 Å². The fourth-order valence-corrected chi connectivity index (χ4v) is 2.30. The largest absolute Gasteiger partial charge is 0.396 e. The zero-order valence-corrected chi connectivity index (χ0v) is 12.6. The summed E-state index contributed by atoms with van der Waals surface area (Å²) in [5, 5.41) is 13.0. The molecule has 0 amide bonds. The number of nitrogens with zero attached hydrogens (tertiary/aromatic N) is 1. The third-order valence-corrected chi connectivity index (χ3v) is 4.20. The zero-order valence-electron chi connectivity index (χ0n) is 12.6. The van der Waals surface area contributed by atoms with Crippen molar-refractivity contribution in [2.24, 2.45) is 5.41 Å². The second kappa shape index (κ2) is 6.95. The third kappa shape index (κ3) is 3.64. The van der Waals surface area contributed by atoms with Crippen LogP contribution in [0, 0.1) is 5.41 Å². The first-order valence-corrected chi connectivity index (χ1v) is 7.45. The first kappa shape index (κ1) is 15.1. The number of nitrogens with one attached hydrogen (secondary N) is 1. The summed E-state index contributed by atoms with van der Waals surface area (Å²) >= 11 is 0. The summed E-state index contributed by atoms with van der Waals surface area (Å²) in [6.45, 7) is 8.66. The van der Waals surface area contributed by atoms with Gasteiger partial charge in [-0.15, -0.1) is 0 Å². The summed E-state index contributed by atoms with van der Waals surface area (Å²) in [5.41, 5.74) is 2.30. The maximum absolute atomic E-state index is 9.51. The van der Waals surface area contributed by atoms with Crippen LogP contribution >= 0.6 is 0 Å². The SMILES string of the molecule is CCC(C)(CO)CNc1ccccc1N1CCOCC1. The van der Waals surface area contributed by atoms with Crippen molar-refractivity contribution in [3.8, 4) is 0 Å². The second-order valence-electron chi connectivity index (χ2n) is 5.79. The van der Waals surface area contributed by atoms with E-state index in [1.54, 1.807) is 0 Å². The molecule has 1 saturated heterocycles. The Labute approximate surface area is 121 Å². The van der Waals surface area contributed by atoms with Crippen LogP contribution in [0.25, 0.3) is 0 Å². The Morgan fingerprint density at radius 2 is 2.00 bits per heavy atom. The lowest BCUT2D eigenvalue weighted by Gasteiger charge is -2.32. The summed E-state index contributed by atoms with van der Waals surface area (Å²) in [6, 6.07) is 8.38.